The lowest BCUT2D eigenvalue weighted by Gasteiger charge is -2.21. The number of hydrogen-bond acceptors (Lipinski definition) is 1. The largest absolute Gasteiger partial charge is 0.314 e. The summed E-state index contributed by atoms with van der Waals surface area (Å²) in [5.74, 6) is 0.472. The van der Waals surface area contributed by atoms with Crippen LogP contribution in [0.25, 0.3) is 0 Å². The fourth-order valence-electron chi connectivity index (χ4n) is 2.17. The molecule has 0 spiro atoms. The van der Waals surface area contributed by atoms with E-state index in [1.807, 2.05) is 6.07 Å². The zero-order valence-corrected chi connectivity index (χ0v) is 13.1. The Morgan fingerprint density at radius 2 is 2.06 bits per heavy atom. The Balaban J connectivity index is 2.45. The van der Waals surface area contributed by atoms with Gasteiger partial charge < -0.3 is 5.32 Å². The van der Waals surface area contributed by atoms with E-state index < -0.39 is 0 Å². The lowest BCUT2D eigenvalue weighted by molar-refractivity contribution is 0.377. The van der Waals surface area contributed by atoms with E-state index in [4.69, 9.17) is 0 Å². The highest BCUT2D eigenvalue weighted by Gasteiger charge is 2.11. The molecule has 1 unspecified atom stereocenters. The molecule has 18 heavy (non-hydrogen) atoms. The third-order valence-corrected chi connectivity index (χ3v) is 3.99. The number of aryl methyl sites for hydroxylation is 1. The summed E-state index contributed by atoms with van der Waals surface area (Å²) in [6, 6.07) is 5.52. The molecule has 0 saturated carbocycles. The zero-order valence-electron chi connectivity index (χ0n) is 11.5. The second-order valence-electron chi connectivity index (χ2n) is 5.04. The molecule has 0 aromatic heterocycles. The van der Waals surface area contributed by atoms with Gasteiger partial charge in [0.25, 0.3) is 0 Å². The van der Waals surface area contributed by atoms with Crippen molar-refractivity contribution in [3.63, 3.8) is 0 Å². The molecular formula is C15H23BrFN. The summed E-state index contributed by atoms with van der Waals surface area (Å²) in [5.41, 5.74) is 1.19. The normalized spacial score (nSPS) is 13.0. The quantitative estimate of drug-likeness (QED) is 0.778. The molecule has 0 aliphatic rings. The zero-order chi connectivity index (χ0) is 13.5. The van der Waals surface area contributed by atoms with E-state index in [-0.39, 0.29) is 5.82 Å². The number of benzene rings is 1. The second kappa shape index (κ2) is 7.90. The predicted octanol–water partition coefficient (Wildman–Crippen LogP) is 4.55. The standard InChI is InChI=1S/C15H23BrFN/c1-4-18-15(11(2)3)7-5-6-12-8-9-13(17)10-14(12)16/h8-11,15,18H,4-7H2,1-3H3. The van der Waals surface area contributed by atoms with Gasteiger partial charge in [-0.15, -0.1) is 0 Å². The van der Waals surface area contributed by atoms with Crippen LogP contribution in [0.4, 0.5) is 4.39 Å². The first-order valence-electron chi connectivity index (χ1n) is 6.72. The third-order valence-electron chi connectivity index (χ3n) is 3.25. The van der Waals surface area contributed by atoms with E-state index in [1.165, 1.54) is 11.6 Å². The van der Waals surface area contributed by atoms with Crippen molar-refractivity contribution in [2.45, 2.75) is 46.1 Å². The Morgan fingerprint density at radius 1 is 1.33 bits per heavy atom. The van der Waals surface area contributed by atoms with Crippen LogP contribution in [0.15, 0.2) is 22.7 Å². The smallest absolute Gasteiger partial charge is 0.124 e. The van der Waals surface area contributed by atoms with Crippen molar-refractivity contribution in [2.24, 2.45) is 5.92 Å². The van der Waals surface area contributed by atoms with Crippen LogP contribution in [0, 0.1) is 11.7 Å². The third kappa shape index (κ3) is 5.07. The summed E-state index contributed by atoms with van der Waals surface area (Å²) < 4.78 is 13.8. The molecule has 0 bridgehead atoms. The van der Waals surface area contributed by atoms with Gasteiger partial charge in [-0.1, -0.05) is 42.8 Å². The number of nitrogens with one attached hydrogen (secondary N) is 1. The Labute approximate surface area is 118 Å². The molecule has 102 valence electrons. The maximum atomic E-state index is 13.0. The van der Waals surface area contributed by atoms with E-state index in [0.29, 0.717) is 12.0 Å². The van der Waals surface area contributed by atoms with E-state index in [1.54, 1.807) is 6.07 Å². The van der Waals surface area contributed by atoms with Gasteiger partial charge in [0, 0.05) is 10.5 Å². The van der Waals surface area contributed by atoms with E-state index >= 15 is 0 Å². The van der Waals surface area contributed by atoms with Crippen molar-refractivity contribution in [2.75, 3.05) is 6.54 Å². The highest BCUT2D eigenvalue weighted by Crippen LogP contribution is 2.21. The molecule has 0 saturated heterocycles. The van der Waals surface area contributed by atoms with Crippen LogP contribution in [0.5, 0.6) is 0 Å². The molecule has 0 aliphatic heterocycles. The Bertz CT molecular complexity index is 366. The van der Waals surface area contributed by atoms with Gasteiger partial charge in [-0.2, -0.15) is 0 Å². The SMILES string of the molecule is CCNC(CCCc1ccc(F)cc1Br)C(C)C. The minimum Gasteiger partial charge on any atom is -0.314 e. The van der Waals surface area contributed by atoms with Crippen LogP contribution in [0.3, 0.4) is 0 Å². The highest BCUT2D eigenvalue weighted by molar-refractivity contribution is 9.10. The fraction of sp³-hybridized carbons (Fsp3) is 0.600. The first-order chi connectivity index (χ1) is 8.54. The van der Waals surface area contributed by atoms with Crippen molar-refractivity contribution in [1.29, 1.82) is 0 Å². The molecule has 0 aliphatic carbocycles. The average molecular weight is 316 g/mol. The molecule has 1 rings (SSSR count). The lowest BCUT2D eigenvalue weighted by atomic mass is 9.97. The summed E-state index contributed by atoms with van der Waals surface area (Å²) in [6.07, 6.45) is 3.28. The van der Waals surface area contributed by atoms with Crippen molar-refractivity contribution in [3.8, 4) is 0 Å². The Morgan fingerprint density at radius 3 is 2.61 bits per heavy atom. The van der Waals surface area contributed by atoms with Crippen LogP contribution in [0.2, 0.25) is 0 Å². The molecule has 1 nitrogen and oxygen atoms in total. The summed E-state index contributed by atoms with van der Waals surface area (Å²) in [5, 5.41) is 3.52. The molecule has 0 amide bonds. The molecule has 0 radical (unpaired) electrons. The maximum absolute atomic E-state index is 13.0. The summed E-state index contributed by atoms with van der Waals surface area (Å²) in [7, 11) is 0. The summed E-state index contributed by atoms with van der Waals surface area (Å²) in [6.45, 7) is 7.66. The van der Waals surface area contributed by atoms with Gasteiger partial charge in [-0.25, -0.2) is 4.39 Å². The fourth-order valence-corrected chi connectivity index (χ4v) is 2.72. The van der Waals surface area contributed by atoms with Gasteiger partial charge in [-0.05, 0) is 49.4 Å². The van der Waals surface area contributed by atoms with E-state index in [2.05, 4.69) is 42.0 Å². The van der Waals surface area contributed by atoms with Crippen LogP contribution in [-0.2, 0) is 6.42 Å². The monoisotopic (exact) mass is 315 g/mol. The topological polar surface area (TPSA) is 12.0 Å². The number of halogens is 2. The van der Waals surface area contributed by atoms with Gasteiger partial charge >= 0.3 is 0 Å². The summed E-state index contributed by atoms with van der Waals surface area (Å²) in [4.78, 5) is 0. The van der Waals surface area contributed by atoms with Crippen molar-refractivity contribution in [3.05, 3.63) is 34.1 Å². The summed E-state index contributed by atoms with van der Waals surface area (Å²) >= 11 is 3.42. The van der Waals surface area contributed by atoms with Crippen molar-refractivity contribution < 1.29 is 4.39 Å². The van der Waals surface area contributed by atoms with Crippen LogP contribution in [-0.4, -0.2) is 12.6 Å². The predicted molar refractivity (Wildman–Crippen MR) is 79.3 cm³/mol. The molecule has 1 aromatic rings. The van der Waals surface area contributed by atoms with Crippen LogP contribution in [0.1, 0.15) is 39.2 Å². The Hall–Kier alpha value is -0.410. The van der Waals surface area contributed by atoms with Gasteiger partial charge in [0.2, 0.25) is 0 Å². The molecule has 3 heteroatoms. The van der Waals surface area contributed by atoms with Gasteiger partial charge in [0.05, 0.1) is 0 Å². The first-order valence-corrected chi connectivity index (χ1v) is 7.51. The van der Waals surface area contributed by atoms with Crippen molar-refractivity contribution >= 4 is 15.9 Å². The minimum absolute atomic E-state index is 0.182. The van der Waals surface area contributed by atoms with E-state index in [0.717, 1.165) is 30.3 Å². The number of rotatable bonds is 7. The molecule has 0 fully saturated rings. The van der Waals surface area contributed by atoms with E-state index in [9.17, 15) is 4.39 Å². The highest BCUT2D eigenvalue weighted by atomic mass is 79.9. The van der Waals surface area contributed by atoms with Gasteiger partial charge in [-0.3, -0.25) is 0 Å². The Kier molecular flexibility index (Phi) is 6.87. The molecule has 1 aromatic carbocycles. The van der Waals surface area contributed by atoms with Gasteiger partial charge in [0.15, 0.2) is 0 Å². The molecule has 1 atom stereocenters. The van der Waals surface area contributed by atoms with Gasteiger partial charge in [0.1, 0.15) is 5.82 Å². The van der Waals surface area contributed by atoms with Crippen molar-refractivity contribution in [1.82, 2.24) is 5.32 Å². The maximum Gasteiger partial charge on any atom is 0.124 e. The average Bonchev–Trinajstić information content (AvgIpc) is 2.30. The molecule has 1 N–H and O–H groups in total. The molecular weight excluding hydrogens is 293 g/mol. The van der Waals surface area contributed by atoms with Crippen LogP contribution < -0.4 is 5.32 Å². The number of hydrogen-bond donors (Lipinski definition) is 1. The first kappa shape index (κ1) is 15.6. The lowest BCUT2D eigenvalue weighted by Crippen LogP contribution is -2.33. The molecule has 0 heterocycles. The van der Waals surface area contributed by atoms with Crippen LogP contribution >= 0.6 is 15.9 Å². The second-order valence-corrected chi connectivity index (χ2v) is 5.89. The minimum atomic E-state index is -0.182.